The summed E-state index contributed by atoms with van der Waals surface area (Å²) in [6.07, 6.45) is 1.99. The van der Waals surface area contributed by atoms with Gasteiger partial charge in [0.15, 0.2) is 11.5 Å². The monoisotopic (exact) mass is 484 g/mol. The third-order valence-corrected chi connectivity index (χ3v) is 5.50. The van der Waals surface area contributed by atoms with Gasteiger partial charge < -0.3 is 14.8 Å². The number of methoxy groups -OCH3 is 2. The van der Waals surface area contributed by atoms with E-state index in [4.69, 9.17) is 32.7 Å². The number of amides is 1. The van der Waals surface area contributed by atoms with Gasteiger partial charge >= 0.3 is 0 Å². The van der Waals surface area contributed by atoms with Crippen LogP contribution in [0.5, 0.6) is 11.5 Å². The Labute approximate surface area is 202 Å². The zero-order valence-electron chi connectivity index (χ0n) is 18.4. The number of halogens is 2. The van der Waals surface area contributed by atoms with Crippen molar-refractivity contribution in [1.29, 1.82) is 5.26 Å². The average molecular weight is 485 g/mol. The quantitative estimate of drug-likeness (QED) is 0.367. The molecular weight excluding hydrogens is 463 g/mol. The maximum Gasteiger partial charge on any atom is 0.261 e. The standard InChI is InChI=1S/C24H22Cl2N4O3/c1-15-20(23(26)30(29-15)19-6-4-5-18(25)13-19)12-17(14-27)24(31)28-10-9-16-7-8-21(32-2)22(11-16)33-3/h4-8,11-13H,9-10H2,1-3H3,(H,28,31)/b17-12+. The molecule has 0 saturated carbocycles. The van der Waals surface area contributed by atoms with Gasteiger partial charge in [0.1, 0.15) is 16.8 Å². The van der Waals surface area contributed by atoms with E-state index in [0.717, 1.165) is 5.56 Å². The number of nitriles is 1. The maximum atomic E-state index is 12.6. The molecule has 0 aliphatic carbocycles. The van der Waals surface area contributed by atoms with Gasteiger partial charge in [0.25, 0.3) is 5.91 Å². The summed E-state index contributed by atoms with van der Waals surface area (Å²) in [4.78, 5) is 12.6. The zero-order valence-corrected chi connectivity index (χ0v) is 19.9. The van der Waals surface area contributed by atoms with E-state index in [1.807, 2.05) is 24.3 Å². The van der Waals surface area contributed by atoms with E-state index in [1.165, 1.54) is 10.8 Å². The molecule has 0 aliphatic rings. The number of hydrogen-bond acceptors (Lipinski definition) is 5. The van der Waals surface area contributed by atoms with Crippen LogP contribution >= 0.6 is 23.2 Å². The van der Waals surface area contributed by atoms with Gasteiger partial charge in [-0.05, 0) is 55.3 Å². The lowest BCUT2D eigenvalue weighted by Crippen LogP contribution is -2.26. The van der Waals surface area contributed by atoms with Gasteiger partial charge in [-0.1, -0.05) is 35.3 Å². The molecule has 170 valence electrons. The molecule has 0 aliphatic heterocycles. The van der Waals surface area contributed by atoms with E-state index in [1.54, 1.807) is 45.4 Å². The first-order valence-electron chi connectivity index (χ1n) is 10.00. The third-order valence-electron chi connectivity index (χ3n) is 4.90. The Morgan fingerprint density at radius 1 is 1.18 bits per heavy atom. The van der Waals surface area contributed by atoms with Crippen LogP contribution in [0, 0.1) is 18.3 Å². The molecule has 2 aromatic carbocycles. The predicted molar refractivity (Wildman–Crippen MR) is 128 cm³/mol. The highest BCUT2D eigenvalue weighted by molar-refractivity contribution is 6.32. The first-order chi connectivity index (χ1) is 15.9. The van der Waals surface area contributed by atoms with Gasteiger partial charge in [0, 0.05) is 17.1 Å². The number of benzene rings is 2. The number of aromatic nitrogens is 2. The van der Waals surface area contributed by atoms with Crippen LogP contribution in [0.3, 0.4) is 0 Å². The van der Waals surface area contributed by atoms with Gasteiger partial charge in [-0.15, -0.1) is 0 Å². The highest BCUT2D eigenvalue weighted by Gasteiger charge is 2.17. The normalized spacial score (nSPS) is 11.1. The minimum absolute atomic E-state index is 0.0713. The number of nitrogens with zero attached hydrogens (tertiary/aromatic N) is 3. The van der Waals surface area contributed by atoms with Crippen LogP contribution in [0.25, 0.3) is 11.8 Å². The molecule has 1 amide bonds. The summed E-state index contributed by atoms with van der Waals surface area (Å²) < 4.78 is 12.0. The molecule has 0 bridgehead atoms. The fourth-order valence-corrected chi connectivity index (χ4v) is 3.71. The molecule has 3 rings (SSSR count). The maximum absolute atomic E-state index is 12.6. The molecule has 0 atom stereocenters. The SMILES string of the molecule is COc1ccc(CCNC(=O)/C(C#N)=C/c2c(C)nn(-c3cccc(Cl)c3)c2Cl)cc1OC. The minimum Gasteiger partial charge on any atom is -0.493 e. The summed E-state index contributed by atoms with van der Waals surface area (Å²) in [5.41, 5.74) is 2.62. The summed E-state index contributed by atoms with van der Waals surface area (Å²) in [5.74, 6) is 0.746. The molecule has 3 aromatic rings. The van der Waals surface area contributed by atoms with Crippen molar-refractivity contribution in [3.05, 3.63) is 75.0 Å². The number of ether oxygens (including phenoxy) is 2. The Morgan fingerprint density at radius 2 is 1.94 bits per heavy atom. The number of nitrogens with one attached hydrogen (secondary N) is 1. The highest BCUT2D eigenvalue weighted by atomic mass is 35.5. The molecule has 0 fully saturated rings. The number of carbonyl (C=O) groups is 1. The van der Waals surface area contributed by atoms with Crippen LogP contribution in [-0.4, -0.2) is 36.5 Å². The Morgan fingerprint density at radius 3 is 2.61 bits per heavy atom. The molecule has 1 heterocycles. The van der Waals surface area contributed by atoms with E-state index in [0.29, 0.717) is 46.4 Å². The summed E-state index contributed by atoms with van der Waals surface area (Å²) in [6.45, 7) is 2.09. The summed E-state index contributed by atoms with van der Waals surface area (Å²) in [7, 11) is 3.13. The van der Waals surface area contributed by atoms with Crippen molar-refractivity contribution in [1.82, 2.24) is 15.1 Å². The van der Waals surface area contributed by atoms with Crippen LogP contribution in [0.1, 0.15) is 16.8 Å². The minimum atomic E-state index is -0.496. The Bertz CT molecular complexity index is 1240. The molecule has 7 nitrogen and oxygen atoms in total. The molecule has 0 spiro atoms. The smallest absolute Gasteiger partial charge is 0.261 e. The van der Waals surface area contributed by atoms with Crippen molar-refractivity contribution in [2.45, 2.75) is 13.3 Å². The molecular formula is C24H22Cl2N4O3. The highest BCUT2D eigenvalue weighted by Crippen LogP contribution is 2.28. The van der Waals surface area contributed by atoms with Crippen molar-refractivity contribution in [2.24, 2.45) is 0 Å². The number of aryl methyl sites for hydroxylation is 1. The Balaban J connectivity index is 1.73. The number of carbonyl (C=O) groups excluding carboxylic acids is 1. The number of rotatable bonds is 8. The van der Waals surface area contributed by atoms with Gasteiger partial charge in [-0.2, -0.15) is 10.4 Å². The van der Waals surface area contributed by atoms with E-state index in [9.17, 15) is 10.1 Å². The molecule has 0 unspecified atom stereocenters. The van der Waals surface area contributed by atoms with Crippen molar-refractivity contribution < 1.29 is 14.3 Å². The summed E-state index contributed by atoms with van der Waals surface area (Å²) in [6, 6.07) is 14.5. The van der Waals surface area contributed by atoms with Crippen molar-refractivity contribution in [3.8, 4) is 23.3 Å². The molecule has 33 heavy (non-hydrogen) atoms. The molecule has 9 heteroatoms. The van der Waals surface area contributed by atoms with Gasteiger partial charge in [-0.3, -0.25) is 4.79 Å². The largest absolute Gasteiger partial charge is 0.493 e. The lowest BCUT2D eigenvalue weighted by atomic mass is 10.1. The molecule has 1 N–H and O–H groups in total. The second kappa shape index (κ2) is 10.9. The van der Waals surface area contributed by atoms with Crippen LogP contribution in [-0.2, 0) is 11.2 Å². The van der Waals surface area contributed by atoms with Crippen molar-refractivity contribution in [3.63, 3.8) is 0 Å². The van der Waals surface area contributed by atoms with E-state index < -0.39 is 5.91 Å². The fraction of sp³-hybridized carbons (Fsp3) is 0.208. The van der Waals surface area contributed by atoms with Crippen LogP contribution in [0.2, 0.25) is 10.2 Å². The lowest BCUT2D eigenvalue weighted by molar-refractivity contribution is -0.117. The van der Waals surface area contributed by atoms with Crippen LogP contribution in [0.15, 0.2) is 48.0 Å². The van der Waals surface area contributed by atoms with E-state index >= 15 is 0 Å². The van der Waals surface area contributed by atoms with Gasteiger partial charge in [0.05, 0.1) is 25.6 Å². The van der Waals surface area contributed by atoms with Crippen LogP contribution in [0.4, 0.5) is 0 Å². The number of hydrogen-bond donors (Lipinski definition) is 1. The van der Waals surface area contributed by atoms with Crippen LogP contribution < -0.4 is 14.8 Å². The summed E-state index contributed by atoms with van der Waals surface area (Å²) >= 11 is 12.6. The molecule has 0 saturated heterocycles. The zero-order chi connectivity index (χ0) is 24.0. The van der Waals surface area contributed by atoms with E-state index in [-0.39, 0.29) is 10.7 Å². The molecule has 1 aromatic heterocycles. The first-order valence-corrected chi connectivity index (χ1v) is 10.8. The van der Waals surface area contributed by atoms with Crippen molar-refractivity contribution >= 4 is 35.2 Å². The van der Waals surface area contributed by atoms with Crippen molar-refractivity contribution in [2.75, 3.05) is 20.8 Å². The second-order valence-electron chi connectivity index (χ2n) is 7.05. The fourth-order valence-electron chi connectivity index (χ4n) is 3.20. The van der Waals surface area contributed by atoms with Gasteiger partial charge in [0.2, 0.25) is 0 Å². The second-order valence-corrected chi connectivity index (χ2v) is 7.84. The third kappa shape index (κ3) is 5.67. The topological polar surface area (TPSA) is 89.2 Å². The summed E-state index contributed by atoms with van der Waals surface area (Å²) in [5, 5.41) is 17.5. The van der Waals surface area contributed by atoms with Gasteiger partial charge in [-0.25, -0.2) is 4.68 Å². The van der Waals surface area contributed by atoms with E-state index in [2.05, 4.69) is 10.4 Å². The average Bonchev–Trinajstić information content (AvgIpc) is 3.10. The predicted octanol–water partition coefficient (Wildman–Crippen LogP) is 4.77. The Hall–Kier alpha value is -3.47. The lowest BCUT2D eigenvalue weighted by Gasteiger charge is -2.10. The first kappa shape index (κ1) is 24.2. The Kier molecular flexibility index (Phi) is 7.99. The molecule has 0 radical (unpaired) electrons.